The molecule has 15 heavy (non-hydrogen) atoms. The number of carbonyl (C=O) groups is 1. The van der Waals surface area contributed by atoms with Crippen molar-refractivity contribution in [3.8, 4) is 0 Å². The fraction of sp³-hybridized carbons (Fsp3) is 0.923. The quantitative estimate of drug-likeness (QED) is 0.490. The van der Waals surface area contributed by atoms with Gasteiger partial charge in [0.15, 0.2) is 0 Å². The van der Waals surface area contributed by atoms with Crippen molar-refractivity contribution >= 4 is 5.97 Å². The average Bonchev–Trinajstić information content (AvgIpc) is 2.59. The minimum Gasteiger partial charge on any atom is -0.465 e. The Kier molecular flexibility index (Phi) is 4.04. The molecule has 2 fully saturated rings. The van der Waals surface area contributed by atoms with Crippen molar-refractivity contribution in [3.05, 3.63) is 0 Å². The van der Waals surface area contributed by atoms with Gasteiger partial charge >= 0.3 is 5.97 Å². The van der Waals surface area contributed by atoms with E-state index < -0.39 is 0 Å². The Hall–Kier alpha value is -0.530. The van der Waals surface area contributed by atoms with Crippen LogP contribution in [0.2, 0.25) is 0 Å². The molecule has 1 saturated heterocycles. The van der Waals surface area contributed by atoms with E-state index in [1.54, 1.807) is 0 Å². The predicted molar refractivity (Wildman–Crippen MR) is 59.5 cm³/mol. The second-order valence-electron chi connectivity index (χ2n) is 5.02. The third kappa shape index (κ3) is 2.96. The molecule has 0 bridgehead atoms. The van der Waals surface area contributed by atoms with Gasteiger partial charge in [-0.15, -0.1) is 0 Å². The topological polar surface area (TPSA) is 26.3 Å². The van der Waals surface area contributed by atoms with Gasteiger partial charge < -0.3 is 4.74 Å². The minimum absolute atomic E-state index is 0.0967. The summed E-state index contributed by atoms with van der Waals surface area (Å²) in [5.41, 5.74) is 0. The summed E-state index contributed by atoms with van der Waals surface area (Å²) in [6.45, 7) is 0.655. The van der Waals surface area contributed by atoms with Gasteiger partial charge in [-0.25, -0.2) is 0 Å². The van der Waals surface area contributed by atoms with Crippen LogP contribution in [-0.4, -0.2) is 12.6 Å². The van der Waals surface area contributed by atoms with Crippen LogP contribution < -0.4 is 0 Å². The van der Waals surface area contributed by atoms with Crippen LogP contribution >= 0.6 is 0 Å². The first-order valence-corrected chi connectivity index (χ1v) is 6.54. The molecule has 0 aromatic carbocycles. The van der Waals surface area contributed by atoms with Gasteiger partial charge in [-0.1, -0.05) is 25.7 Å². The van der Waals surface area contributed by atoms with Gasteiger partial charge in [0, 0.05) is 0 Å². The standard InChI is InChI=1S/C13H22O2/c14-13-12(9-5-6-10-15-13)11-7-3-1-2-4-8-11/h11-12H,1-10H2. The molecule has 0 N–H and O–H groups in total. The lowest BCUT2D eigenvalue weighted by Crippen LogP contribution is -2.24. The fourth-order valence-corrected chi connectivity index (χ4v) is 3.01. The van der Waals surface area contributed by atoms with E-state index in [1.165, 1.54) is 44.9 Å². The Morgan fingerprint density at radius 3 is 2.27 bits per heavy atom. The van der Waals surface area contributed by atoms with Crippen molar-refractivity contribution in [3.63, 3.8) is 0 Å². The maximum Gasteiger partial charge on any atom is 0.309 e. The van der Waals surface area contributed by atoms with Gasteiger partial charge in [0.25, 0.3) is 0 Å². The average molecular weight is 210 g/mol. The lowest BCUT2D eigenvalue weighted by atomic mass is 9.83. The van der Waals surface area contributed by atoms with E-state index in [2.05, 4.69) is 0 Å². The van der Waals surface area contributed by atoms with Crippen LogP contribution in [0.1, 0.15) is 57.8 Å². The van der Waals surface area contributed by atoms with Crippen LogP contribution in [0.15, 0.2) is 0 Å². The predicted octanol–water partition coefficient (Wildman–Crippen LogP) is 3.30. The van der Waals surface area contributed by atoms with Crippen LogP contribution in [0.5, 0.6) is 0 Å². The zero-order valence-electron chi connectivity index (χ0n) is 9.54. The van der Waals surface area contributed by atoms with Crippen LogP contribution in [0, 0.1) is 11.8 Å². The molecule has 86 valence electrons. The normalized spacial score (nSPS) is 30.4. The van der Waals surface area contributed by atoms with Crippen LogP contribution in [-0.2, 0) is 9.53 Å². The fourth-order valence-electron chi connectivity index (χ4n) is 3.01. The SMILES string of the molecule is O=C1OCCCCC1C1CCCCCC1. The molecule has 1 unspecified atom stereocenters. The first-order valence-electron chi connectivity index (χ1n) is 6.54. The highest BCUT2D eigenvalue weighted by Crippen LogP contribution is 2.33. The summed E-state index contributed by atoms with van der Waals surface area (Å²) in [5.74, 6) is 0.947. The summed E-state index contributed by atoms with van der Waals surface area (Å²) >= 11 is 0. The van der Waals surface area contributed by atoms with E-state index in [4.69, 9.17) is 4.74 Å². The molecule has 2 heteroatoms. The van der Waals surface area contributed by atoms with E-state index in [9.17, 15) is 4.79 Å². The summed E-state index contributed by atoms with van der Waals surface area (Å²) in [6, 6.07) is 0. The van der Waals surface area contributed by atoms with E-state index in [-0.39, 0.29) is 11.9 Å². The number of cyclic esters (lactones) is 1. The van der Waals surface area contributed by atoms with Crippen molar-refractivity contribution in [1.82, 2.24) is 0 Å². The van der Waals surface area contributed by atoms with Crippen LogP contribution in [0.4, 0.5) is 0 Å². The van der Waals surface area contributed by atoms with Crippen molar-refractivity contribution in [2.24, 2.45) is 11.8 Å². The molecule has 0 radical (unpaired) electrons. The highest BCUT2D eigenvalue weighted by atomic mass is 16.5. The van der Waals surface area contributed by atoms with Gasteiger partial charge in [-0.3, -0.25) is 4.79 Å². The molecule has 1 aliphatic heterocycles. The zero-order chi connectivity index (χ0) is 10.5. The van der Waals surface area contributed by atoms with Gasteiger partial charge in [0.1, 0.15) is 0 Å². The molecule has 2 nitrogen and oxygen atoms in total. The third-order valence-corrected chi connectivity index (χ3v) is 3.93. The van der Waals surface area contributed by atoms with Crippen LogP contribution in [0.25, 0.3) is 0 Å². The summed E-state index contributed by atoms with van der Waals surface area (Å²) in [7, 11) is 0. The summed E-state index contributed by atoms with van der Waals surface area (Å²) in [5, 5.41) is 0. The van der Waals surface area contributed by atoms with Crippen molar-refractivity contribution in [2.45, 2.75) is 57.8 Å². The molecule has 2 rings (SSSR count). The highest BCUT2D eigenvalue weighted by Gasteiger charge is 2.30. The van der Waals surface area contributed by atoms with Crippen molar-refractivity contribution in [2.75, 3.05) is 6.61 Å². The van der Waals surface area contributed by atoms with Crippen LogP contribution in [0.3, 0.4) is 0 Å². The summed E-state index contributed by atoms with van der Waals surface area (Å²) < 4.78 is 5.27. The summed E-state index contributed by atoms with van der Waals surface area (Å²) in [4.78, 5) is 11.8. The first-order chi connectivity index (χ1) is 7.38. The molecule has 2 aliphatic rings. The van der Waals surface area contributed by atoms with Crippen molar-refractivity contribution in [1.29, 1.82) is 0 Å². The second-order valence-corrected chi connectivity index (χ2v) is 5.02. The summed E-state index contributed by atoms with van der Waals surface area (Å²) in [6.07, 6.45) is 11.2. The van der Waals surface area contributed by atoms with Gasteiger partial charge in [0.05, 0.1) is 12.5 Å². The smallest absolute Gasteiger partial charge is 0.309 e. The molecular formula is C13H22O2. The highest BCUT2D eigenvalue weighted by molar-refractivity contribution is 5.73. The third-order valence-electron chi connectivity index (χ3n) is 3.93. The van der Waals surface area contributed by atoms with Crippen molar-refractivity contribution < 1.29 is 9.53 Å². The molecule has 1 heterocycles. The second kappa shape index (κ2) is 5.53. The molecular weight excluding hydrogens is 188 g/mol. The number of hydrogen-bond donors (Lipinski definition) is 0. The number of esters is 1. The molecule has 0 amide bonds. The zero-order valence-corrected chi connectivity index (χ0v) is 9.54. The maximum atomic E-state index is 11.8. The number of ether oxygens (including phenoxy) is 1. The Morgan fingerprint density at radius 2 is 1.53 bits per heavy atom. The van der Waals surface area contributed by atoms with E-state index >= 15 is 0 Å². The Bertz CT molecular complexity index is 205. The molecule has 1 aliphatic carbocycles. The minimum atomic E-state index is 0.0967. The molecule has 0 aromatic heterocycles. The molecule has 1 atom stereocenters. The van der Waals surface area contributed by atoms with E-state index in [0.29, 0.717) is 12.5 Å². The molecule has 1 saturated carbocycles. The maximum absolute atomic E-state index is 11.8. The lowest BCUT2D eigenvalue weighted by molar-refractivity contribution is -0.149. The lowest BCUT2D eigenvalue weighted by Gasteiger charge is -2.22. The van der Waals surface area contributed by atoms with E-state index in [0.717, 1.165) is 12.8 Å². The van der Waals surface area contributed by atoms with Gasteiger partial charge in [-0.05, 0) is 38.0 Å². The van der Waals surface area contributed by atoms with Gasteiger partial charge in [0.2, 0.25) is 0 Å². The monoisotopic (exact) mass is 210 g/mol. The number of carbonyl (C=O) groups excluding carboxylic acids is 1. The Morgan fingerprint density at radius 1 is 0.867 bits per heavy atom. The van der Waals surface area contributed by atoms with Gasteiger partial charge in [-0.2, -0.15) is 0 Å². The number of rotatable bonds is 1. The Balaban J connectivity index is 1.95. The Labute approximate surface area is 92.4 Å². The largest absolute Gasteiger partial charge is 0.465 e. The molecule has 0 spiro atoms. The molecule has 0 aromatic rings. The first kappa shape index (κ1) is 11.0. The number of hydrogen-bond acceptors (Lipinski definition) is 2. The van der Waals surface area contributed by atoms with E-state index in [1.807, 2.05) is 0 Å².